The molecule has 0 saturated heterocycles. The zero-order valence-corrected chi connectivity index (χ0v) is 11.9. The summed E-state index contributed by atoms with van der Waals surface area (Å²) in [5.41, 5.74) is 2.58. The van der Waals surface area contributed by atoms with Crippen LogP contribution in [-0.2, 0) is 0 Å². The summed E-state index contributed by atoms with van der Waals surface area (Å²) in [5.74, 6) is 1.10. The number of rotatable bonds is 7. The maximum atomic E-state index is 4.00. The summed E-state index contributed by atoms with van der Waals surface area (Å²) in [6.07, 6.45) is 1.06. The van der Waals surface area contributed by atoms with Gasteiger partial charge in [0.15, 0.2) is 0 Å². The highest BCUT2D eigenvalue weighted by Gasteiger charge is 2.08. The largest absolute Gasteiger partial charge is 0.313 e. The van der Waals surface area contributed by atoms with Gasteiger partial charge in [-0.3, -0.25) is 0 Å². The van der Waals surface area contributed by atoms with E-state index in [0.717, 1.165) is 18.7 Å². The molecule has 0 spiro atoms. The standard InChI is InChI=1S/C15H23NS/c1-5-16-14(9-12(2)3)11-17-15-8-6-7-13(4)10-15/h6-8,10,14,16H,2,5,9,11H2,1,3-4H3. The van der Waals surface area contributed by atoms with Crippen LogP contribution in [-0.4, -0.2) is 18.3 Å². The third-order valence-corrected chi connectivity index (χ3v) is 3.68. The molecule has 94 valence electrons. The van der Waals surface area contributed by atoms with Crippen molar-refractivity contribution in [3.8, 4) is 0 Å². The summed E-state index contributed by atoms with van der Waals surface area (Å²) in [6.45, 7) is 11.4. The Morgan fingerprint density at radius 1 is 1.47 bits per heavy atom. The molecule has 0 aliphatic rings. The normalized spacial score (nSPS) is 12.4. The zero-order valence-electron chi connectivity index (χ0n) is 11.1. The lowest BCUT2D eigenvalue weighted by Gasteiger charge is -2.17. The predicted octanol–water partition coefficient (Wildman–Crippen LogP) is 4.03. The molecule has 0 radical (unpaired) electrons. The van der Waals surface area contributed by atoms with E-state index in [1.165, 1.54) is 16.0 Å². The Kier molecular flexibility index (Phi) is 6.38. The van der Waals surface area contributed by atoms with Crippen LogP contribution in [0.2, 0.25) is 0 Å². The molecule has 1 aromatic carbocycles. The second-order valence-electron chi connectivity index (χ2n) is 4.54. The molecule has 0 aromatic heterocycles. The summed E-state index contributed by atoms with van der Waals surface area (Å²) in [5, 5.41) is 3.52. The van der Waals surface area contributed by atoms with E-state index in [2.05, 4.69) is 56.9 Å². The summed E-state index contributed by atoms with van der Waals surface area (Å²) < 4.78 is 0. The molecule has 0 heterocycles. The number of aryl methyl sites for hydroxylation is 1. The highest BCUT2D eigenvalue weighted by molar-refractivity contribution is 7.99. The van der Waals surface area contributed by atoms with E-state index in [4.69, 9.17) is 0 Å². The highest BCUT2D eigenvalue weighted by atomic mass is 32.2. The molecular formula is C15H23NS. The van der Waals surface area contributed by atoms with Crippen molar-refractivity contribution in [1.82, 2.24) is 5.32 Å². The van der Waals surface area contributed by atoms with Gasteiger partial charge in [0.1, 0.15) is 0 Å². The lowest BCUT2D eigenvalue weighted by atomic mass is 10.1. The molecule has 1 nitrogen and oxygen atoms in total. The van der Waals surface area contributed by atoms with Crippen molar-refractivity contribution in [2.45, 2.75) is 38.1 Å². The third kappa shape index (κ3) is 5.94. The Bertz CT molecular complexity index is 360. The van der Waals surface area contributed by atoms with Gasteiger partial charge < -0.3 is 5.32 Å². The summed E-state index contributed by atoms with van der Waals surface area (Å²) in [4.78, 5) is 1.36. The van der Waals surface area contributed by atoms with Crippen LogP contribution in [0.15, 0.2) is 41.3 Å². The smallest absolute Gasteiger partial charge is 0.0198 e. The van der Waals surface area contributed by atoms with Gasteiger partial charge in [-0.05, 0) is 38.9 Å². The number of thioether (sulfide) groups is 1. The number of hydrogen-bond acceptors (Lipinski definition) is 2. The van der Waals surface area contributed by atoms with E-state index in [1.807, 2.05) is 11.8 Å². The average Bonchev–Trinajstić information content (AvgIpc) is 2.26. The highest BCUT2D eigenvalue weighted by Crippen LogP contribution is 2.21. The quantitative estimate of drug-likeness (QED) is 0.578. The van der Waals surface area contributed by atoms with E-state index in [0.29, 0.717) is 6.04 Å². The molecular weight excluding hydrogens is 226 g/mol. The first-order chi connectivity index (χ1) is 8.11. The van der Waals surface area contributed by atoms with Crippen molar-refractivity contribution in [2.75, 3.05) is 12.3 Å². The molecule has 1 aromatic rings. The third-order valence-electron chi connectivity index (χ3n) is 2.53. The minimum Gasteiger partial charge on any atom is -0.313 e. The lowest BCUT2D eigenvalue weighted by molar-refractivity contribution is 0.571. The monoisotopic (exact) mass is 249 g/mol. The number of benzene rings is 1. The first kappa shape index (κ1) is 14.3. The van der Waals surface area contributed by atoms with Crippen LogP contribution in [0.1, 0.15) is 25.8 Å². The summed E-state index contributed by atoms with van der Waals surface area (Å²) in [7, 11) is 0. The minimum atomic E-state index is 0.531. The fourth-order valence-electron chi connectivity index (χ4n) is 1.80. The van der Waals surface area contributed by atoms with Gasteiger partial charge in [0.25, 0.3) is 0 Å². The van der Waals surface area contributed by atoms with Gasteiger partial charge in [0, 0.05) is 16.7 Å². The van der Waals surface area contributed by atoms with Crippen molar-refractivity contribution in [3.05, 3.63) is 42.0 Å². The second-order valence-corrected chi connectivity index (χ2v) is 5.64. The molecule has 0 aliphatic heterocycles. The molecule has 1 unspecified atom stereocenters. The first-order valence-corrected chi connectivity index (χ1v) is 7.17. The van der Waals surface area contributed by atoms with Gasteiger partial charge in [0.2, 0.25) is 0 Å². The molecule has 0 bridgehead atoms. The Morgan fingerprint density at radius 2 is 2.24 bits per heavy atom. The van der Waals surface area contributed by atoms with Crippen molar-refractivity contribution >= 4 is 11.8 Å². The van der Waals surface area contributed by atoms with Crippen LogP contribution < -0.4 is 5.32 Å². The van der Waals surface area contributed by atoms with E-state index in [9.17, 15) is 0 Å². The fraction of sp³-hybridized carbons (Fsp3) is 0.467. The van der Waals surface area contributed by atoms with Crippen LogP contribution in [0.3, 0.4) is 0 Å². The van der Waals surface area contributed by atoms with Gasteiger partial charge in [-0.15, -0.1) is 18.3 Å². The van der Waals surface area contributed by atoms with Crippen LogP contribution in [0.5, 0.6) is 0 Å². The molecule has 2 heteroatoms. The second kappa shape index (κ2) is 7.57. The predicted molar refractivity (Wildman–Crippen MR) is 78.8 cm³/mol. The molecule has 1 atom stereocenters. The van der Waals surface area contributed by atoms with Crippen molar-refractivity contribution in [2.24, 2.45) is 0 Å². The topological polar surface area (TPSA) is 12.0 Å². The fourth-order valence-corrected chi connectivity index (χ4v) is 2.87. The van der Waals surface area contributed by atoms with Crippen molar-refractivity contribution in [3.63, 3.8) is 0 Å². The van der Waals surface area contributed by atoms with E-state index in [-0.39, 0.29) is 0 Å². The Labute approximate surface area is 110 Å². The van der Waals surface area contributed by atoms with Crippen molar-refractivity contribution < 1.29 is 0 Å². The molecule has 0 amide bonds. The average molecular weight is 249 g/mol. The maximum absolute atomic E-state index is 4.00. The van der Waals surface area contributed by atoms with Gasteiger partial charge in [-0.1, -0.05) is 30.2 Å². The van der Waals surface area contributed by atoms with Gasteiger partial charge in [-0.25, -0.2) is 0 Å². The summed E-state index contributed by atoms with van der Waals surface area (Å²) in [6, 6.07) is 9.22. The molecule has 17 heavy (non-hydrogen) atoms. The molecule has 0 aliphatic carbocycles. The molecule has 0 saturated carbocycles. The Morgan fingerprint density at radius 3 is 2.82 bits per heavy atom. The van der Waals surface area contributed by atoms with Crippen molar-refractivity contribution in [1.29, 1.82) is 0 Å². The van der Waals surface area contributed by atoms with Crippen LogP contribution >= 0.6 is 11.8 Å². The van der Waals surface area contributed by atoms with Crippen LogP contribution in [0.4, 0.5) is 0 Å². The van der Waals surface area contributed by atoms with Crippen LogP contribution in [0.25, 0.3) is 0 Å². The zero-order chi connectivity index (χ0) is 12.7. The van der Waals surface area contributed by atoms with E-state index in [1.54, 1.807) is 0 Å². The molecule has 1 rings (SSSR count). The van der Waals surface area contributed by atoms with Crippen LogP contribution in [0, 0.1) is 6.92 Å². The van der Waals surface area contributed by atoms with Gasteiger partial charge in [0.05, 0.1) is 0 Å². The number of hydrogen-bond donors (Lipinski definition) is 1. The first-order valence-electron chi connectivity index (χ1n) is 6.19. The molecule has 0 fully saturated rings. The number of nitrogens with one attached hydrogen (secondary N) is 1. The van der Waals surface area contributed by atoms with Gasteiger partial charge in [-0.2, -0.15) is 0 Å². The van der Waals surface area contributed by atoms with Gasteiger partial charge >= 0.3 is 0 Å². The molecule has 1 N–H and O–H groups in total. The van der Waals surface area contributed by atoms with E-state index < -0.39 is 0 Å². The van der Waals surface area contributed by atoms with E-state index >= 15 is 0 Å². The summed E-state index contributed by atoms with van der Waals surface area (Å²) >= 11 is 1.92. The Balaban J connectivity index is 2.48. The Hall–Kier alpha value is -0.730. The maximum Gasteiger partial charge on any atom is 0.0198 e. The minimum absolute atomic E-state index is 0.531. The SMILES string of the molecule is C=C(C)CC(CSc1cccc(C)c1)NCC. The lowest BCUT2D eigenvalue weighted by Crippen LogP contribution is -2.31.